The van der Waals surface area contributed by atoms with Gasteiger partial charge in [-0.2, -0.15) is 0 Å². The summed E-state index contributed by atoms with van der Waals surface area (Å²) in [6.45, 7) is 3.59. The van der Waals surface area contributed by atoms with Crippen LogP contribution < -0.4 is 0 Å². The maximum Gasteiger partial charge on any atom is 0.115 e. The number of phenols is 1. The van der Waals surface area contributed by atoms with Gasteiger partial charge in [-0.05, 0) is 30.2 Å². The fourth-order valence-electron chi connectivity index (χ4n) is 0.760. The molecule has 1 aromatic carbocycles. The zero-order valence-corrected chi connectivity index (χ0v) is 5.54. The average Bonchev–Trinajstić information content (AvgIpc) is 1.94. The van der Waals surface area contributed by atoms with Gasteiger partial charge in [0.1, 0.15) is 5.75 Å². The second-order valence-electron chi connectivity index (χ2n) is 2.11. The predicted octanol–water partition coefficient (Wildman–Crippen LogP) is 1.07. The summed E-state index contributed by atoms with van der Waals surface area (Å²) in [7, 11) is 0. The van der Waals surface area contributed by atoms with E-state index in [0.717, 1.165) is 5.56 Å². The fourth-order valence-corrected chi connectivity index (χ4v) is 0.760. The van der Waals surface area contributed by atoms with Crippen molar-refractivity contribution in [3.63, 3.8) is 0 Å². The van der Waals surface area contributed by atoms with Crippen molar-refractivity contribution in [2.75, 3.05) is 0 Å². The van der Waals surface area contributed by atoms with Crippen molar-refractivity contribution in [1.29, 1.82) is 0 Å². The first-order chi connectivity index (χ1) is 4.74. The van der Waals surface area contributed by atoms with E-state index in [1.807, 2.05) is 0 Å². The quantitative estimate of drug-likeness (QED) is 0.607. The lowest BCUT2D eigenvalue weighted by molar-refractivity contribution is 0.280. The zero-order valence-electron chi connectivity index (χ0n) is 5.54. The van der Waals surface area contributed by atoms with Crippen LogP contribution in [0.25, 0.3) is 0 Å². The summed E-state index contributed by atoms with van der Waals surface area (Å²) in [4.78, 5) is 0. The van der Waals surface area contributed by atoms with Crippen LogP contribution in [0.1, 0.15) is 11.1 Å². The Labute approximate surface area is 59.7 Å². The Balaban J connectivity index is 3.09. The molecule has 2 heteroatoms. The minimum Gasteiger partial charge on any atom is -0.508 e. The summed E-state index contributed by atoms with van der Waals surface area (Å²) in [6.07, 6.45) is 0. The molecule has 0 unspecified atom stereocenters. The van der Waals surface area contributed by atoms with Gasteiger partial charge in [0.05, 0.1) is 6.61 Å². The minimum atomic E-state index is -0.0762. The Hall–Kier alpha value is -1.02. The van der Waals surface area contributed by atoms with Gasteiger partial charge >= 0.3 is 0 Å². The second kappa shape index (κ2) is 2.71. The van der Waals surface area contributed by atoms with Crippen molar-refractivity contribution in [2.45, 2.75) is 6.61 Å². The van der Waals surface area contributed by atoms with Crippen molar-refractivity contribution in [2.24, 2.45) is 0 Å². The molecule has 0 spiro atoms. The Morgan fingerprint density at radius 2 is 2.10 bits per heavy atom. The van der Waals surface area contributed by atoms with Gasteiger partial charge in [0.25, 0.3) is 0 Å². The standard InChI is InChI=1S/C8H9O2/c1-6-2-3-8(10)4-7(6)5-9/h2-4,9-10H,1,5H2. The zero-order chi connectivity index (χ0) is 7.56. The van der Waals surface area contributed by atoms with E-state index in [-0.39, 0.29) is 12.4 Å². The molecule has 0 atom stereocenters. The number of rotatable bonds is 1. The van der Waals surface area contributed by atoms with Crippen molar-refractivity contribution < 1.29 is 10.2 Å². The SMILES string of the molecule is [CH2]c1ccc(O)cc1CO. The largest absolute Gasteiger partial charge is 0.508 e. The summed E-state index contributed by atoms with van der Waals surface area (Å²) in [5, 5.41) is 17.6. The Bertz CT molecular complexity index is 231. The highest BCUT2D eigenvalue weighted by atomic mass is 16.3. The Kier molecular flexibility index (Phi) is 1.92. The maximum absolute atomic E-state index is 8.93. The molecule has 2 nitrogen and oxygen atoms in total. The summed E-state index contributed by atoms with van der Waals surface area (Å²) < 4.78 is 0. The van der Waals surface area contributed by atoms with Crippen molar-refractivity contribution >= 4 is 0 Å². The molecule has 53 valence electrons. The van der Waals surface area contributed by atoms with Crippen LogP contribution in [-0.2, 0) is 6.61 Å². The van der Waals surface area contributed by atoms with Gasteiger partial charge in [0, 0.05) is 0 Å². The molecule has 1 rings (SSSR count). The molecule has 0 aliphatic rings. The molecule has 1 aromatic rings. The lowest BCUT2D eigenvalue weighted by Crippen LogP contribution is -1.86. The molecule has 0 amide bonds. The molecule has 0 fully saturated rings. The molecule has 0 bridgehead atoms. The number of aliphatic hydroxyl groups is 1. The van der Waals surface area contributed by atoms with Crippen LogP contribution in [0.3, 0.4) is 0 Å². The minimum absolute atomic E-state index is 0.0762. The predicted molar refractivity (Wildman–Crippen MR) is 38.5 cm³/mol. The Morgan fingerprint density at radius 3 is 2.60 bits per heavy atom. The Morgan fingerprint density at radius 1 is 1.40 bits per heavy atom. The molecule has 1 radical (unpaired) electrons. The number of aliphatic hydroxyl groups excluding tert-OH is 1. The maximum atomic E-state index is 8.93. The number of aromatic hydroxyl groups is 1. The van der Waals surface area contributed by atoms with E-state index in [1.165, 1.54) is 6.07 Å². The topological polar surface area (TPSA) is 40.5 Å². The number of benzene rings is 1. The van der Waals surface area contributed by atoms with Crippen molar-refractivity contribution in [3.8, 4) is 5.75 Å². The molecule has 0 saturated heterocycles. The van der Waals surface area contributed by atoms with Crippen LogP contribution in [-0.4, -0.2) is 10.2 Å². The van der Waals surface area contributed by atoms with Crippen LogP contribution in [0, 0.1) is 6.92 Å². The van der Waals surface area contributed by atoms with E-state index in [2.05, 4.69) is 6.92 Å². The molecule has 0 saturated carbocycles. The van der Waals surface area contributed by atoms with Gasteiger partial charge in [-0.15, -0.1) is 0 Å². The molecular weight excluding hydrogens is 128 g/mol. The third kappa shape index (κ3) is 1.28. The van der Waals surface area contributed by atoms with E-state index in [1.54, 1.807) is 12.1 Å². The van der Waals surface area contributed by atoms with E-state index in [4.69, 9.17) is 10.2 Å². The van der Waals surface area contributed by atoms with Gasteiger partial charge in [0.2, 0.25) is 0 Å². The van der Waals surface area contributed by atoms with Crippen LogP contribution in [0.5, 0.6) is 5.75 Å². The van der Waals surface area contributed by atoms with E-state index in [0.29, 0.717) is 5.56 Å². The third-order valence-corrected chi connectivity index (χ3v) is 1.36. The lowest BCUT2D eigenvalue weighted by atomic mass is 10.1. The summed E-state index contributed by atoms with van der Waals surface area (Å²) in [6, 6.07) is 4.71. The number of hydrogen-bond acceptors (Lipinski definition) is 2. The van der Waals surface area contributed by atoms with E-state index in [9.17, 15) is 0 Å². The summed E-state index contributed by atoms with van der Waals surface area (Å²) >= 11 is 0. The summed E-state index contributed by atoms with van der Waals surface area (Å²) in [5.41, 5.74) is 1.42. The lowest BCUT2D eigenvalue weighted by Gasteiger charge is -2.00. The average molecular weight is 137 g/mol. The molecular formula is C8H9O2. The number of phenolic OH excluding ortho intramolecular Hbond substituents is 1. The van der Waals surface area contributed by atoms with E-state index < -0.39 is 0 Å². The second-order valence-corrected chi connectivity index (χ2v) is 2.11. The van der Waals surface area contributed by atoms with Crippen LogP contribution in [0.2, 0.25) is 0 Å². The first-order valence-electron chi connectivity index (χ1n) is 2.98. The van der Waals surface area contributed by atoms with Crippen molar-refractivity contribution in [3.05, 3.63) is 36.2 Å². The highest BCUT2D eigenvalue weighted by Gasteiger charge is 1.96. The van der Waals surface area contributed by atoms with Gasteiger partial charge in [0.15, 0.2) is 0 Å². The normalized spacial score (nSPS) is 9.80. The van der Waals surface area contributed by atoms with Gasteiger partial charge in [-0.25, -0.2) is 0 Å². The molecule has 0 aliphatic carbocycles. The molecule has 0 aliphatic heterocycles. The van der Waals surface area contributed by atoms with Crippen molar-refractivity contribution in [1.82, 2.24) is 0 Å². The van der Waals surface area contributed by atoms with Gasteiger partial charge < -0.3 is 10.2 Å². The monoisotopic (exact) mass is 137 g/mol. The van der Waals surface area contributed by atoms with E-state index >= 15 is 0 Å². The molecule has 10 heavy (non-hydrogen) atoms. The highest BCUT2D eigenvalue weighted by Crippen LogP contribution is 2.14. The van der Waals surface area contributed by atoms with Crippen LogP contribution in [0.15, 0.2) is 18.2 Å². The van der Waals surface area contributed by atoms with Crippen LogP contribution >= 0.6 is 0 Å². The first kappa shape index (κ1) is 7.09. The number of hydrogen-bond donors (Lipinski definition) is 2. The smallest absolute Gasteiger partial charge is 0.115 e. The van der Waals surface area contributed by atoms with Gasteiger partial charge in [-0.3, -0.25) is 0 Å². The highest BCUT2D eigenvalue weighted by molar-refractivity contribution is 5.35. The molecule has 0 aromatic heterocycles. The first-order valence-corrected chi connectivity index (χ1v) is 2.98. The van der Waals surface area contributed by atoms with Crippen LogP contribution in [0.4, 0.5) is 0 Å². The summed E-state index contributed by atoms with van der Waals surface area (Å²) in [5.74, 6) is 0.163. The fraction of sp³-hybridized carbons (Fsp3) is 0.125. The third-order valence-electron chi connectivity index (χ3n) is 1.36. The molecule has 0 heterocycles. The van der Waals surface area contributed by atoms with Gasteiger partial charge in [-0.1, -0.05) is 6.07 Å². The molecule has 2 N–H and O–H groups in total.